The molecule has 0 aliphatic carbocycles. The SMILES string of the molecule is CCC(=O)N1C(=O)C=C[C@@H]1OC(C)=O. The van der Waals surface area contributed by atoms with Gasteiger partial charge in [0.2, 0.25) is 12.1 Å². The lowest BCUT2D eigenvalue weighted by Gasteiger charge is -2.21. The highest BCUT2D eigenvalue weighted by molar-refractivity contribution is 6.03. The molecule has 76 valence electrons. The fourth-order valence-electron chi connectivity index (χ4n) is 1.15. The van der Waals surface area contributed by atoms with Crippen LogP contribution in [-0.4, -0.2) is 28.9 Å². The van der Waals surface area contributed by atoms with Gasteiger partial charge in [-0.05, 0) is 6.08 Å². The zero-order valence-corrected chi connectivity index (χ0v) is 8.02. The Morgan fingerprint density at radius 1 is 1.57 bits per heavy atom. The van der Waals surface area contributed by atoms with Crippen LogP contribution in [-0.2, 0) is 19.1 Å². The Labute approximate surface area is 81.3 Å². The van der Waals surface area contributed by atoms with Gasteiger partial charge in [0.1, 0.15) is 0 Å². The van der Waals surface area contributed by atoms with Gasteiger partial charge in [-0.2, -0.15) is 0 Å². The first-order valence-corrected chi connectivity index (χ1v) is 4.27. The molecule has 0 N–H and O–H groups in total. The summed E-state index contributed by atoms with van der Waals surface area (Å²) in [6.07, 6.45) is 1.94. The summed E-state index contributed by atoms with van der Waals surface area (Å²) < 4.78 is 4.78. The van der Waals surface area contributed by atoms with Crippen LogP contribution in [0.15, 0.2) is 12.2 Å². The van der Waals surface area contributed by atoms with Crippen molar-refractivity contribution in [3.63, 3.8) is 0 Å². The van der Waals surface area contributed by atoms with E-state index in [-0.39, 0.29) is 12.3 Å². The van der Waals surface area contributed by atoms with Crippen molar-refractivity contribution in [1.82, 2.24) is 4.90 Å². The average molecular weight is 197 g/mol. The van der Waals surface area contributed by atoms with E-state index in [1.165, 1.54) is 19.1 Å². The quantitative estimate of drug-likeness (QED) is 0.593. The summed E-state index contributed by atoms with van der Waals surface area (Å²) in [6, 6.07) is 0. The summed E-state index contributed by atoms with van der Waals surface area (Å²) in [4.78, 5) is 34.1. The van der Waals surface area contributed by atoms with Crippen molar-refractivity contribution < 1.29 is 19.1 Å². The van der Waals surface area contributed by atoms with Gasteiger partial charge in [0.25, 0.3) is 5.91 Å². The zero-order chi connectivity index (χ0) is 10.7. The molecule has 0 radical (unpaired) electrons. The van der Waals surface area contributed by atoms with Crippen LogP contribution < -0.4 is 0 Å². The van der Waals surface area contributed by atoms with Gasteiger partial charge < -0.3 is 4.74 Å². The van der Waals surface area contributed by atoms with Crippen LogP contribution >= 0.6 is 0 Å². The Kier molecular flexibility index (Phi) is 3.01. The van der Waals surface area contributed by atoms with Gasteiger partial charge in [0.15, 0.2) is 0 Å². The summed E-state index contributed by atoms with van der Waals surface area (Å²) in [5.41, 5.74) is 0. The van der Waals surface area contributed by atoms with E-state index in [1.807, 2.05) is 0 Å². The number of imide groups is 1. The van der Waals surface area contributed by atoms with Crippen LogP contribution in [0, 0.1) is 0 Å². The zero-order valence-electron chi connectivity index (χ0n) is 8.02. The molecule has 1 rings (SSSR count). The fourth-order valence-corrected chi connectivity index (χ4v) is 1.15. The smallest absolute Gasteiger partial charge is 0.304 e. The first-order chi connectivity index (χ1) is 6.56. The second-order valence-corrected chi connectivity index (χ2v) is 2.81. The molecule has 5 heteroatoms. The molecule has 0 bridgehead atoms. The van der Waals surface area contributed by atoms with Crippen molar-refractivity contribution in [2.24, 2.45) is 0 Å². The number of carbonyl (C=O) groups is 3. The van der Waals surface area contributed by atoms with Crippen molar-refractivity contribution in [3.05, 3.63) is 12.2 Å². The number of hydrogen-bond acceptors (Lipinski definition) is 4. The van der Waals surface area contributed by atoms with Crippen molar-refractivity contribution in [3.8, 4) is 0 Å². The molecule has 0 aromatic heterocycles. The van der Waals surface area contributed by atoms with Crippen LogP contribution in [0.2, 0.25) is 0 Å². The Morgan fingerprint density at radius 3 is 2.71 bits per heavy atom. The molecule has 5 nitrogen and oxygen atoms in total. The minimum atomic E-state index is -0.868. The van der Waals surface area contributed by atoms with Crippen LogP contribution in [0.4, 0.5) is 0 Å². The van der Waals surface area contributed by atoms with E-state index in [0.717, 1.165) is 4.90 Å². The number of ether oxygens (including phenoxy) is 1. The number of hydrogen-bond donors (Lipinski definition) is 0. The number of carbonyl (C=O) groups excluding carboxylic acids is 3. The minimum absolute atomic E-state index is 0.200. The molecule has 0 fully saturated rings. The maximum atomic E-state index is 11.3. The Balaban J connectivity index is 2.75. The number of nitrogens with zero attached hydrogens (tertiary/aromatic N) is 1. The van der Waals surface area contributed by atoms with E-state index in [2.05, 4.69) is 0 Å². The van der Waals surface area contributed by atoms with E-state index in [1.54, 1.807) is 6.92 Å². The molecule has 1 heterocycles. The van der Waals surface area contributed by atoms with Crippen molar-refractivity contribution >= 4 is 17.8 Å². The fraction of sp³-hybridized carbons (Fsp3) is 0.444. The van der Waals surface area contributed by atoms with E-state index in [9.17, 15) is 14.4 Å². The molecule has 1 atom stereocenters. The lowest BCUT2D eigenvalue weighted by atomic mass is 10.4. The summed E-state index contributed by atoms with van der Waals surface area (Å²) in [7, 11) is 0. The maximum absolute atomic E-state index is 11.3. The maximum Gasteiger partial charge on any atom is 0.304 e. The van der Waals surface area contributed by atoms with Gasteiger partial charge in [0, 0.05) is 19.4 Å². The van der Waals surface area contributed by atoms with Crippen molar-refractivity contribution in [2.75, 3.05) is 0 Å². The second kappa shape index (κ2) is 4.04. The number of rotatable bonds is 2. The standard InChI is InChI=1S/C9H11NO4/c1-3-7(12)10-8(13)4-5-9(10)14-6(2)11/h4-5,9H,3H2,1-2H3/t9-/m0/s1. The first kappa shape index (κ1) is 10.4. The molecule has 0 saturated heterocycles. The normalized spacial score (nSPS) is 20.0. The molecule has 0 aromatic carbocycles. The molecule has 1 aliphatic rings. The Bertz CT molecular complexity index is 308. The molecule has 1 aliphatic heterocycles. The van der Waals surface area contributed by atoms with Crippen LogP contribution in [0.3, 0.4) is 0 Å². The van der Waals surface area contributed by atoms with E-state index in [4.69, 9.17) is 4.74 Å². The summed E-state index contributed by atoms with van der Waals surface area (Å²) in [6.45, 7) is 2.87. The first-order valence-electron chi connectivity index (χ1n) is 4.27. The van der Waals surface area contributed by atoms with Crippen molar-refractivity contribution in [2.45, 2.75) is 26.5 Å². The van der Waals surface area contributed by atoms with Gasteiger partial charge in [-0.3, -0.25) is 14.4 Å². The topological polar surface area (TPSA) is 63.7 Å². The van der Waals surface area contributed by atoms with Gasteiger partial charge in [-0.15, -0.1) is 0 Å². The molecule has 0 saturated carbocycles. The van der Waals surface area contributed by atoms with E-state index in [0.29, 0.717) is 0 Å². The summed E-state index contributed by atoms with van der Waals surface area (Å²) >= 11 is 0. The monoisotopic (exact) mass is 197 g/mol. The third-order valence-corrected chi connectivity index (χ3v) is 1.75. The van der Waals surface area contributed by atoms with Gasteiger partial charge >= 0.3 is 5.97 Å². The minimum Gasteiger partial charge on any atom is -0.437 e. The predicted octanol–water partition coefficient (Wildman–Crippen LogP) is 0.211. The second-order valence-electron chi connectivity index (χ2n) is 2.81. The van der Waals surface area contributed by atoms with Gasteiger partial charge in [0.05, 0.1) is 0 Å². The molecule has 0 unspecified atom stereocenters. The van der Waals surface area contributed by atoms with E-state index < -0.39 is 18.1 Å². The van der Waals surface area contributed by atoms with Gasteiger partial charge in [-0.1, -0.05) is 6.92 Å². The largest absolute Gasteiger partial charge is 0.437 e. The number of esters is 1. The highest BCUT2D eigenvalue weighted by atomic mass is 16.6. The van der Waals surface area contributed by atoms with E-state index >= 15 is 0 Å². The molecule has 2 amide bonds. The van der Waals surface area contributed by atoms with Crippen LogP contribution in [0.25, 0.3) is 0 Å². The van der Waals surface area contributed by atoms with Crippen molar-refractivity contribution in [1.29, 1.82) is 0 Å². The predicted molar refractivity (Wildman–Crippen MR) is 46.8 cm³/mol. The number of amides is 2. The summed E-state index contributed by atoms with van der Waals surface area (Å²) in [5, 5.41) is 0. The molecule has 14 heavy (non-hydrogen) atoms. The third-order valence-electron chi connectivity index (χ3n) is 1.75. The van der Waals surface area contributed by atoms with Crippen LogP contribution in [0.5, 0.6) is 0 Å². The summed E-state index contributed by atoms with van der Waals surface area (Å²) in [5.74, 6) is -1.32. The van der Waals surface area contributed by atoms with Gasteiger partial charge in [-0.25, -0.2) is 4.90 Å². The lowest BCUT2D eigenvalue weighted by molar-refractivity contribution is -0.160. The average Bonchev–Trinajstić information content (AvgIpc) is 2.45. The highest BCUT2D eigenvalue weighted by Crippen LogP contribution is 2.13. The van der Waals surface area contributed by atoms with Crippen LogP contribution in [0.1, 0.15) is 20.3 Å². The highest BCUT2D eigenvalue weighted by Gasteiger charge is 2.32. The Hall–Kier alpha value is -1.65. The third kappa shape index (κ3) is 1.99. The molecule has 0 aromatic rings. The lowest BCUT2D eigenvalue weighted by Crippen LogP contribution is -2.41. The molecule has 0 spiro atoms. The Morgan fingerprint density at radius 2 is 2.21 bits per heavy atom. The molecular weight excluding hydrogens is 186 g/mol. The molecular formula is C9H11NO4.